The molecule has 2 aliphatic carbocycles. The van der Waals surface area contributed by atoms with Gasteiger partial charge in [-0.15, -0.1) is 0 Å². The Morgan fingerprint density at radius 2 is 1.86 bits per heavy atom. The first-order valence-electron chi connectivity index (χ1n) is 12.1. The van der Waals surface area contributed by atoms with Crippen LogP contribution in [-0.4, -0.2) is 51.4 Å². The van der Waals surface area contributed by atoms with Crippen molar-refractivity contribution >= 4 is 23.4 Å². The van der Waals surface area contributed by atoms with Gasteiger partial charge >= 0.3 is 0 Å². The molecule has 0 saturated carbocycles. The highest BCUT2D eigenvalue weighted by atomic mass is 16.6. The van der Waals surface area contributed by atoms with Crippen LogP contribution in [0.2, 0.25) is 0 Å². The molecule has 0 aromatic carbocycles. The van der Waals surface area contributed by atoms with Crippen molar-refractivity contribution in [3.63, 3.8) is 0 Å². The van der Waals surface area contributed by atoms with Crippen LogP contribution < -0.4 is 10.6 Å². The Labute approximate surface area is 210 Å². The number of allylic oxidation sites excluding steroid dienone is 7. The molecule has 0 spiro atoms. The van der Waals surface area contributed by atoms with Gasteiger partial charge in [0.1, 0.15) is 23.2 Å². The topological polar surface area (TPSA) is 145 Å². The van der Waals surface area contributed by atoms with Crippen molar-refractivity contribution in [3.8, 4) is 0 Å². The van der Waals surface area contributed by atoms with Gasteiger partial charge in [0.2, 0.25) is 17.6 Å². The first-order chi connectivity index (χ1) is 17.1. The number of rotatable bonds is 11. The Hall–Kier alpha value is -3.56. The largest absolute Gasteiger partial charge is 0.510 e. The summed E-state index contributed by atoms with van der Waals surface area (Å²) >= 11 is 0. The Morgan fingerprint density at radius 1 is 1.14 bits per heavy atom. The van der Waals surface area contributed by atoms with Crippen LogP contribution in [0.1, 0.15) is 46.0 Å². The average molecular weight is 497 g/mol. The van der Waals surface area contributed by atoms with Gasteiger partial charge in [-0.1, -0.05) is 57.1 Å². The molecule has 36 heavy (non-hydrogen) atoms. The number of Topliss-reactive ketones (excluding diaryl/α,β-unsaturated/α-hetero) is 2. The number of ether oxygens (including phenoxy) is 1. The third kappa shape index (κ3) is 6.99. The normalized spacial score (nSPS) is 26.8. The van der Waals surface area contributed by atoms with Gasteiger partial charge in [-0.25, -0.2) is 0 Å². The van der Waals surface area contributed by atoms with Gasteiger partial charge in [0.25, 0.3) is 0 Å². The first-order valence-corrected chi connectivity index (χ1v) is 12.1. The third-order valence-corrected chi connectivity index (χ3v) is 6.04. The Morgan fingerprint density at radius 3 is 2.56 bits per heavy atom. The van der Waals surface area contributed by atoms with E-state index in [4.69, 9.17) is 4.74 Å². The van der Waals surface area contributed by atoms with Crippen LogP contribution in [0.4, 0.5) is 0 Å². The number of aliphatic hydroxyl groups excluding tert-OH is 1. The van der Waals surface area contributed by atoms with Crippen molar-refractivity contribution < 1.29 is 34.1 Å². The van der Waals surface area contributed by atoms with Crippen LogP contribution in [0.3, 0.4) is 0 Å². The van der Waals surface area contributed by atoms with E-state index in [-0.39, 0.29) is 47.5 Å². The summed E-state index contributed by atoms with van der Waals surface area (Å²) in [6.45, 7) is 4.12. The zero-order chi connectivity index (χ0) is 26.3. The van der Waals surface area contributed by atoms with Gasteiger partial charge in [-0.05, 0) is 30.6 Å². The summed E-state index contributed by atoms with van der Waals surface area (Å²) in [6, 6.07) is 0. The molecule has 1 saturated heterocycles. The smallest absolute Gasteiger partial charge is 0.248 e. The number of hydrogen-bond acceptors (Lipinski definition) is 7. The SMILES string of the molecule is CCCC[C@H](C)/C=C/C(=O)NC1=C[C@](O)(/C=C/C=C/C=C\C(=O)NC2=C(O)CCC2=O)[C@@H]2O[C@@H]2C1=O. The fraction of sp³-hybridized carbons (Fsp3) is 0.407. The van der Waals surface area contributed by atoms with Gasteiger partial charge in [-0.3, -0.25) is 19.2 Å². The molecule has 2 amide bonds. The molecule has 1 heterocycles. The Kier molecular flexibility index (Phi) is 8.95. The summed E-state index contributed by atoms with van der Waals surface area (Å²) in [5, 5.41) is 25.5. The summed E-state index contributed by atoms with van der Waals surface area (Å²) < 4.78 is 5.33. The lowest BCUT2D eigenvalue weighted by molar-refractivity contribution is -0.121. The van der Waals surface area contributed by atoms with Crippen LogP contribution >= 0.6 is 0 Å². The lowest BCUT2D eigenvalue weighted by Gasteiger charge is -2.23. The molecule has 0 unspecified atom stereocenters. The maximum atomic E-state index is 12.4. The molecule has 0 aromatic heterocycles. The minimum absolute atomic E-state index is 0.0173. The molecular formula is C27H32N2O7. The summed E-state index contributed by atoms with van der Waals surface area (Å²) in [5.74, 6) is -1.59. The highest BCUT2D eigenvalue weighted by Gasteiger charge is 2.59. The maximum Gasteiger partial charge on any atom is 0.248 e. The van der Waals surface area contributed by atoms with Gasteiger partial charge < -0.3 is 25.6 Å². The number of carbonyl (C=O) groups is 4. The molecule has 0 aromatic rings. The number of unbranched alkanes of at least 4 members (excludes halogenated alkanes) is 1. The second kappa shape index (κ2) is 11.9. The molecule has 4 N–H and O–H groups in total. The van der Waals surface area contributed by atoms with Crippen molar-refractivity contribution in [3.05, 3.63) is 71.8 Å². The monoisotopic (exact) mass is 496 g/mol. The second-order valence-corrected chi connectivity index (χ2v) is 9.09. The maximum absolute atomic E-state index is 12.4. The molecule has 1 aliphatic heterocycles. The van der Waals surface area contributed by atoms with Crippen molar-refractivity contribution in [2.45, 2.75) is 63.8 Å². The lowest BCUT2D eigenvalue weighted by Crippen LogP contribution is -2.42. The number of fused-ring (bicyclic) bond motifs is 1. The van der Waals surface area contributed by atoms with E-state index in [9.17, 15) is 29.4 Å². The van der Waals surface area contributed by atoms with Crippen LogP contribution in [-0.2, 0) is 23.9 Å². The minimum atomic E-state index is -1.59. The third-order valence-electron chi connectivity index (χ3n) is 6.04. The van der Waals surface area contributed by atoms with Gasteiger partial charge in [-0.2, -0.15) is 0 Å². The number of nitrogens with one attached hydrogen (secondary N) is 2. The summed E-state index contributed by atoms with van der Waals surface area (Å²) in [6.07, 6.45) is 15.1. The fourth-order valence-corrected chi connectivity index (χ4v) is 3.92. The van der Waals surface area contributed by atoms with Crippen LogP contribution in [0, 0.1) is 5.92 Å². The summed E-state index contributed by atoms with van der Waals surface area (Å²) in [5.41, 5.74) is -1.67. The molecule has 0 radical (unpaired) electrons. The summed E-state index contributed by atoms with van der Waals surface area (Å²) in [4.78, 5) is 48.2. The van der Waals surface area contributed by atoms with E-state index < -0.39 is 29.6 Å². The van der Waals surface area contributed by atoms with E-state index in [1.807, 2.05) is 6.92 Å². The lowest BCUT2D eigenvalue weighted by atomic mass is 9.88. The first kappa shape index (κ1) is 27.0. The highest BCUT2D eigenvalue weighted by Crippen LogP contribution is 2.40. The molecule has 4 atom stereocenters. The van der Waals surface area contributed by atoms with Gasteiger partial charge in [0.05, 0.1) is 5.70 Å². The molecule has 192 valence electrons. The molecule has 3 aliphatic rings. The molecule has 9 nitrogen and oxygen atoms in total. The number of carbonyl (C=O) groups excluding carboxylic acids is 4. The quantitative estimate of drug-likeness (QED) is 0.195. The highest BCUT2D eigenvalue weighted by molar-refractivity contribution is 6.06. The van der Waals surface area contributed by atoms with Crippen LogP contribution in [0.25, 0.3) is 0 Å². The Balaban J connectivity index is 1.56. The Bertz CT molecular complexity index is 1100. The molecule has 1 fully saturated rings. The van der Waals surface area contributed by atoms with E-state index in [1.54, 1.807) is 12.2 Å². The summed E-state index contributed by atoms with van der Waals surface area (Å²) in [7, 11) is 0. The number of aliphatic hydroxyl groups is 2. The van der Waals surface area contributed by atoms with Crippen molar-refractivity contribution in [1.82, 2.24) is 10.6 Å². The van der Waals surface area contributed by atoms with Crippen molar-refractivity contribution in [1.29, 1.82) is 0 Å². The second-order valence-electron chi connectivity index (χ2n) is 9.09. The van der Waals surface area contributed by atoms with Crippen LogP contribution in [0.15, 0.2) is 71.8 Å². The van der Waals surface area contributed by atoms with Crippen LogP contribution in [0.5, 0.6) is 0 Å². The van der Waals surface area contributed by atoms with Gasteiger partial charge in [0.15, 0.2) is 11.9 Å². The van der Waals surface area contributed by atoms with E-state index in [2.05, 4.69) is 17.6 Å². The predicted molar refractivity (Wildman–Crippen MR) is 132 cm³/mol. The number of epoxide rings is 1. The zero-order valence-electron chi connectivity index (χ0n) is 20.4. The number of ketones is 2. The van der Waals surface area contributed by atoms with Gasteiger partial charge in [0, 0.05) is 18.9 Å². The molecule has 0 bridgehead atoms. The van der Waals surface area contributed by atoms with Crippen molar-refractivity contribution in [2.24, 2.45) is 5.92 Å². The minimum Gasteiger partial charge on any atom is -0.510 e. The molecular weight excluding hydrogens is 464 g/mol. The van der Waals surface area contributed by atoms with E-state index in [0.717, 1.165) is 19.3 Å². The fourth-order valence-electron chi connectivity index (χ4n) is 3.92. The predicted octanol–water partition coefficient (Wildman–Crippen LogP) is 2.37. The standard InChI is InChI=1S/C27H32N2O7/c1-3-4-9-17(2)11-14-22(33)28-18-16-27(35,26-25(36-26)24(18)34)15-8-6-5-7-10-21(32)29-23-19(30)12-13-20(23)31/h5-8,10-11,14-17,25-26,30,35H,3-4,9,12-13H2,1-2H3,(H,28,33)(H,29,32)/b6-5+,10-7-,14-11+,15-8+/t17-,25+,26+,27+/m0/s1. The number of hydrogen-bond donors (Lipinski definition) is 4. The average Bonchev–Trinajstić information content (AvgIpc) is 3.60. The zero-order valence-corrected chi connectivity index (χ0v) is 20.4. The molecule has 9 heteroatoms. The van der Waals surface area contributed by atoms with Crippen molar-refractivity contribution in [2.75, 3.05) is 0 Å². The molecule has 3 rings (SSSR count). The number of amides is 2. The van der Waals surface area contributed by atoms with E-state index >= 15 is 0 Å². The van der Waals surface area contributed by atoms with E-state index in [0.29, 0.717) is 0 Å². The van der Waals surface area contributed by atoms with E-state index in [1.165, 1.54) is 42.5 Å².